The molecule has 1 aromatic carbocycles. The summed E-state index contributed by atoms with van der Waals surface area (Å²) in [7, 11) is 0. The molecule has 2 aliphatic rings. The number of nitrogens with two attached hydrogens (primary N) is 1. The summed E-state index contributed by atoms with van der Waals surface area (Å²) in [4.78, 5) is 2.66. The number of fused-ring (bicyclic) bond motifs is 1. The van der Waals surface area contributed by atoms with Gasteiger partial charge in [-0.05, 0) is 49.3 Å². The van der Waals surface area contributed by atoms with Crippen LogP contribution in [0.4, 0.5) is 5.69 Å². The van der Waals surface area contributed by atoms with Crippen LogP contribution in [0.2, 0.25) is 0 Å². The van der Waals surface area contributed by atoms with Gasteiger partial charge >= 0.3 is 0 Å². The van der Waals surface area contributed by atoms with Crippen LogP contribution in [-0.2, 0) is 6.54 Å². The second kappa shape index (κ2) is 5.31. The predicted octanol–water partition coefficient (Wildman–Crippen LogP) is 3.30. The Morgan fingerprint density at radius 3 is 2.50 bits per heavy atom. The lowest BCUT2D eigenvalue weighted by Gasteiger charge is -2.45. The fourth-order valence-corrected chi connectivity index (χ4v) is 3.77. The van der Waals surface area contributed by atoms with Crippen molar-refractivity contribution in [3.8, 4) is 0 Å². The van der Waals surface area contributed by atoms with Gasteiger partial charge in [-0.2, -0.15) is 0 Å². The molecule has 0 radical (unpaired) electrons. The van der Waals surface area contributed by atoms with Crippen LogP contribution in [0.3, 0.4) is 0 Å². The van der Waals surface area contributed by atoms with Crippen molar-refractivity contribution in [2.24, 2.45) is 11.7 Å². The van der Waals surface area contributed by atoms with Gasteiger partial charge in [0.1, 0.15) is 0 Å². The van der Waals surface area contributed by atoms with E-state index in [0.29, 0.717) is 6.54 Å². The van der Waals surface area contributed by atoms with E-state index in [9.17, 15) is 0 Å². The standard InChI is InChI=1S/C16H24N2/c17-12-13-7-9-15(10-8-13)18-11-3-5-14-4-1-2-6-16(14)18/h7-10,14,16H,1-6,11-12,17H2. The van der Waals surface area contributed by atoms with Crippen LogP contribution in [-0.4, -0.2) is 12.6 Å². The van der Waals surface area contributed by atoms with Gasteiger partial charge in [0.2, 0.25) is 0 Å². The highest BCUT2D eigenvalue weighted by atomic mass is 15.2. The highest BCUT2D eigenvalue weighted by Crippen LogP contribution is 2.37. The number of anilines is 1. The van der Waals surface area contributed by atoms with Crippen molar-refractivity contribution in [3.63, 3.8) is 0 Å². The highest BCUT2D eigenvalue weighted by Gasteiger charge is 2.33. The molecule has 1 aromatic rings. The normalized spacial score (nSPS) is 27.9. The monoisotopic (exact) mass is 244 g/mol. The number of piperidine rings is 1. The first kappa shape index (κ1) is 12.0. The van der Waals surface area contributed by atoms with Crippen LogP contribution in [0.25, 0.3) is 0 Å². The Morgan fingerprint density at radius 1 is 1.00 bits per heavy atom. The van der Waals surface area contributed by atoms with Gasteiger partial charge in [0.05, 0.1) is 0 Å². The Labute approximate surface area is 110 Å². The van der Waals surface area contributed by atoms with Crippen LogP contribution in [0.15, 0.2) is 24.3 Å². The summed E-state index contributed by atoms with van der Waals surface area (Å²) in [5.74, 6) is 0.946. The maximum Gasteiger partial charge on any atom is 0.0369 e. The molecule has 18 heavy (non-hydrogen) atoms. The van der Waals surface area contributed by atoms with E-state index in [2.05, 4.69) is 29.2 Å². The van der Waals surface area contributed by atoms with E-state index >= 15 is 0 Å². The number of hydrogen-bond donors (Lipinski definition) is 1. The second-order valence-electron chi connectivity index (χ2n) is 5.82. The third-order valence-electron chi connectivity index (χ3n) is 4.75. The van der Waals surface area contributed by atoms with Crippen molar-refractivity contribution in [2.45, 2.75) is 51.1 Å². The van der Waals surface area contributed by atoms with E-state index in [1.807, 2.05) is 0 Å². The molecule has 1 aliphatic heterocycles. The van der Waals surface area contributed by atoms with Crippen molar-refractivity contribution < 1.29 is 0 Å². The summed E-state index contributed by atoms with van der Waals surface area (Å²) in [6.45, 7) is 1.88. The largest absolute Gasteiger partial charge is 0.368 e. The molecule has 2 heteroatoms. The molecule has 0 aromatic heterocycles. The van der Waals surface area contributed by atoms with Crippen LogP contribution in [0.5, 0.6) is 0 Å². The number of nitrogens with zero attached hydrogens (tertiary/aromatic N) is 1. The molecular weight excluding hydrogens is 220 g/mol. The molecular formula is C16H24N2. The Balaban J connectivity index is 1.80. The molecule has 2 atom stereocenters. The molecule has 2 fully saturated rings. The average molecular weight is 244 g/mol. The summed E-state index contributed by atoms with van der Waals surface area (Å²) in [6, 6.07) is 9.69. The second-order valence-corrected chi connectivity index (χ2v) is 5.82. The fourth-order valence-electron chi connectivity index (χ4n) is 3.77. The predicted molar refractivity (Wildman–Crippen MR) is 76.7 cm³/mol. The zero-order valence-corrected chi connectivity index (χ0v) is 11.1. The zero-order chi connectivity index (χ0) is 12.4. The molecule has 1 saturated heterocycles. The van der Waals surface area contributed by atoms with E-state index in [1.165, 1.54) is 56.3 Å². The van der Waals surface area contributed by atoms with Gasteiger partial charge in [-0.3, -0.25) is 0 Å². The van der Waals surface area contributed by atoms with Crippen LogP contribution < -0.4 is 10.6 Å². The van der Waals surface area contributed by atoms with Crippen LogP contribution in [0.1, 0.15) is 44.1 Å². The molecule has 2 nitrogen and oxygen atoms in total. The number of benzene rings is 1. The first-order chi connectivity index (χ1) is 8.88. The Morgan fingerprint density at radius 2 is 1.72 bits per heavy atom. The molecule has 3 rings (SSSR count). The SMILES string of the molecule is NCc1ccc(N2CCCC3CCCCC32)cc1. The maximum absolute atomic E-state index is 5.67. The van der Waals surface area contributed by atoms with Crippen molar-refractivity contribution in [1.29, 1.82) is 0 Å². The number of rotatable bonds is 2. The molecule has 2 N–H and O–H groups in total. The van der Waals surface area contributed by atoms with Gasteiger partial charge in [0.15, 0.2) is 0 Å². The van der Waals surface area contributed by atoms with E-state index < -0.39 is 0 Å². The van der Waals surface area contributed by atoms with Crippen molar-refractivity contribution in [2.75, 3.05) is 11.4 Å². The first-order valence-corrected chi connectivity index (χ1v) is 7.44. The third-order valence-corrected chi connectivity index (χ3v) is 4.75. The van der Waals surface area contributed by atoms with Crippen LogP contribution >= 0.6 is 0 Å². The number of hydrogen-bond acceptors (Lipinski definition) is 2. The summed E-state index contributed by atoms with van der Waals surface area (Å²) in [6.07, 6.45) is 8.51. The molecule has 1 aliphatic carbocycles. The maximum atomic E-state index is 5.67. The fraction of sp³-hybridized carbons (Fsp3) is 0.625. The lowest BCUT2D eigenvalue weighted by molar-refractivity contribution is 0.244. The quantitative estimate of drug-likeness (QED) is 0.865. The van der Waals surface area contributed by atoms with Gasteiger partial charge in [0.25, 0.3) is 0 Å². The van der Waals surface area contributed by atoms with Gasteiger partial charge in [-0.25, -0.2) is 0 Å². The Kier molecular flexibility index (Phi) is 3.55. The van der Waals surface area contributed by atoms with Gasteiger partial charge < -0.3 is 10.6 Å². The minimum atomic E-state index is 0.645. The molecule has 1 heterocycles. The van der Waals surface area contributed by atoms with Gasteiger partial charge in [-0.1, -0.05) is 25.0 Å². The molecule has 0 amide bonds. The first-order valence-electron chi connectivity index (χ1n) is 7.44. The third kappa shape index (κ3) is 2.26. The molecule has 0 bridgehead atoms. The zero-order valence-electron chi connectivity index (χ0n) is 11.1. The molecule has 2 unspecified atom stereocenters. The van der Waals surface area contributed by atoms with Crippen molar-refractivity contribution >= 4 is 5.69 Å². The van der Waals surface area contributed by atoms with E-state index in [1.54, 1.807) is 0 Å². The van der Waals surface area contributed by atoms with Crippen molar-refractivity contribution in [1.82, 2.24) is 0 Å². The lowest BCUT2D eigenvalue weighted by atomic mass is 9.78. The van der Waals surface area contributed by atoms with E-state index in [-0.39, 0.29) is 0 Å². The Hall–Kier alpha value is -1.02. The topological polar surface area (TPSA) is 29.3 Å². The van der Waals surface area contributed by atoms with Gasteiger partial charge in [-0.15, -0.1) is 0 Å². The highest BCUT2D eigenvalue weighted by molar-refractivity contribution is 5.49. The molecule has 98 valence electrons. The van der Waals surface area contributed by atoms with Crippen LogP contribution in [0, 0.1) is 5.92 Å². The van der Waals surface area contributed by atoms with E-state index in [4.69, 9.17) is 5.73 Å². The Bertz CT molecular complexity index is 383. The van der Waals surface area contributed by atoms with Crippen molar-refractivity contribution in [3.05, 3.63) is 29.8 Å². The summed E-state index contributed by atoms with van der Waals surface area (Å²) in [5, 5.41) is 0. The molecule has 1 saturated carbocycles. The average Bonchev–Trinajstić information content (AvgIpc) is 2.47. The summed E-state index contributed by atoms with van der Waals surface area (Å²) < 4.78 is 0. The van der Waals surface area contributed by atoms with Gasteiger partial charge in [0, 0.05) is 24.8 Å². The smallest absolute Gasteiger partial charge is 0.0369 e. The summed E-state index contributed by atoms with van der Waals surface area (Å²) >= 11 is 0. The molecule has 0 spiro atoms. The van der Waals surface area contributed by atoms with E-state index in [0.717, 1.165) is 12.0 Å². The minimum absolute atomic E-state index is 0.645. The summed E-state index contributed by atoms with van der Waals surface area (Å²) in [5.41, 5.74) is 8.31. The lowest BCUT2D eigenvalue weighted by Crippen LogP contribution is -2.46. The minimum Gasteiger partial charge on any atom is -0.368 e.